The lowest BCUT2D eigenvalue weighted by atomic mass is 9.99. The highest BCUT2D eigenvalue weighted by molar-refractivity contribution is 7.99. The number of aliphatic hydroxyl groups excluding tert-OH is 1. The molecule has 3 aromatic carbocycles. The van der Waals surface area contributed by atoms with Crippen LogP contribution in [0.1, 0.15) is 51.4 Å². The Morgan fingerprint density at radius 1 is 0.955 bits per heavy atom. The summed E-state index contributed by atoms with van der Waals surface area (Å²) in [7, 11) is 1.99. The van der Waals surface area contributed by atoms with Crippen LogP contribution in [0.4, 0.5) is 0 Å². The van der Waals surface area contributed by atoms with Gasteiger partial charge in [-0.1, -0.05) is 78.5 Å². The first-order chi connectivity index (χ1) is 21.6. The van der Waals surface area contributed by atoms with Crippen molar-refractivity contribution < 1.29 is 19.4 Å². The van der Waals surface area contributed by atoms with Gasteiger partial charge in [-0.2, -0.15) is 0 Å². The highest BCUT2D eigenvalue weighted by Crippen LogP contribution is 2.39. The summed E-state index contributed by atoms with van der Waals surface area (Å²) in [4.78, 5) is 20.9. The van der Waals surface area contributed by atoms with Crippen molar-refractivity contribution in [2.45, 2.75) is 43.2 Å². The number of carbonyl (C=O) groups excluding carboxylic acids is 1. The molecular formula is C35H34N4O4S. The zero-order valence-corrected chi connectivity index (χ0v) is 25.2. The second kappa shape index (κ2) is 14.0. The Bertz CT molecular complexity index is 1680. The first-order valence-electron chi connectivity index (χ1n) is 14.5. The molecule has 3 heterocycles. The van der Waals surface area contributed by atoms with E-state index in [1.807, 2.05) is 54.2 Å². The van der Waals surface area contributed by atoms with E-state index in [1.54, 1.807) is 42.5 Å². The van der Waals surface area contributed by atoms with Gasteiger partial charge in [0.1, 0.15) is 0 Å². The Morgan fingerprint density at radius 3 is 2.50 bits per heavy atom. The molecular weight excluding hydrogens is 572 g/mol. The molecule has 1 aliphatic rings. The first-order valence-corrected chi connectivity index (χ1v) is 15.5. The largest absolute Gasteiger partial charge is 0.392 e. The van der Waals surface area contributed by atoms with Crippen molar-refractivity contribution in [2.75, 3.05) is 5.75 Å². The van der Waals surface area contributed by atoms with E-state index in [0.717, 1.165) is 44.3 Å². The summed E-state index contributed by atoms with van der Waals surface area (Å²) < 4.78 is 15.0. The number of hydrogen-bond acceptors (Lipinski definition) is 7. The Labute approximate surface area is 261 Å². The predicted octanol–water partition coefficient (Wildman–Crippen LogP) is 6.24. The molecule has 8 nitrogen and oxygen atoms in total. The molecule has 0 unspecified atom stereocenters. The average Bonchev–Trinajstić information content (AvgIpc) is 3.51. The Morgan fingerprint density at radius 2 is 1.77 bits per heavy atom. The maximum absolute atomic E-state index is 12.5. The lowest BCUT2D eigenvalue weighted by Crippen LogP contribution is -2.31. The van der Waals surface area contributed by atoms with Crippen LogP contribution in [0, 0.1) is 0 Å². The van der Waals surface area contributed by atoms with Crippen molar-refractivity contribution in [1.29, 1.82) is 0 Å². The lowest BCUT2D eigenvalue weighted by Gasteiger charge is -2.36. The number of aryl methyl sites for hydroxylation is 1. The van der Waals surface area contributed by atoms with Gasteiger partial charge in [0, 0.05) is 56.1 Å². The van der Waals surface area contributed by atoms with Crippen LogP contribution in [0.5, 0.6) is 0 Å². The van der Waals surface area contributed by atoms with Crippen LogP contribution in [0.25, 0.3) is 11.1 Å². The molecule has 3 atom stereocenters. The second-order valence-corrected chi connectivity index (χ2v) is 11.7. The average molecular weight is 607 g/mol. The number of nitrogens with one attached hydrogen (secondary N) is 1. The summed E-state index contributed by atoms with van der Waals surface area (Å²) in [5.41, 5.74) is 6.53. The van der Waals surface area contributed by atoms with E-state index in [2.05, 4.69) is 51.7 Å². The van der Waals surface area contributed by atoms with Gasteiger partial charge in [0.15, 0.2) is 11.4 Å². The fourth-order valence-electron chi connectivity index (χ4n) is 5.16. The number of carbonyl (C=O) groups is 1. The summed E-state index contributed by atoms with van der Waals surface area (Å²) in [5, 5.41) is 13.4. The maximum Gasteiger partial charge on any atom is 0.253 e. The van der Waals surface area contributed by atoms with Gasteiger partial charge in [-0.15, -0.1) is 0 Å². The third-order valence-electron chi connectivity index (χ3n) is 7.61. The van der Waals surface area contributed by atoms with E-state index in [1.165, 1.54) is 0 Å². The monoisotopic (exact) mass is 606 g/mol. The normalized spacial score (nSPS) is 18.2. The number of benzene rings is 3. The third kappa shape index (κ3) is 7.26. The van der Waals surface area contributed by atoms with Crippen molar-refractivity contribution in [1.82, 2.24) is 19.9 Å². The topological polar surface area (TPSA) is 98.5 Å². The molecule has 1 saturated heterocycles. The molecule has 1 amide bonds. The summed E-state index contributed by atoms with van der Waals surface area (Å²) in [6, 6.07) is 27.8. The zero-order valence-electron chi connectivity index (χ0n) is 24.4. The van der Waals surface area contributed by atoms with E-state index in [9.17, 15) is 9.90 Å². The maximum atomic E-state index is 12.5. The van der Waals surface area contributed by atoms with Crippen molar-refractivity contribution >= 4 is 17.7 Å². The standard InChI is InChI=1S/C35H34N4O4S/c1-39-17-16-37-35(39)44-23-31-19-32(27-9-7-24(22-40)8-10-27)43-34(42-31)28-13-11-26(12-14-28)29-5-2-4-25(18-29)20-38-33(41)30-6-3-15-36-21-30/h2-18,21,31-32,34,40H,19-20,22-23H2,1H3,(H,38,41)/t31-,32+,34+/m0/s1. The van der Waals surface area contributed by atoms with E-state index in [4.69, 9.17) is 9.47 Å². The smallest absolute Gasteiger partial charge is 0.253 e. The number of pyridine rings is 1. The number of amides is 1. The lowest BCUT2D eigenvalue weighted by molar-refractivity contribution is -0.245. The van der Waals surface area contributed by atoms with Gasteiger partial charge in [0.2, 0.25) is 0 Å². The van der Waals surface area contributed by atoms with Gasteiger partial charge in [0.05, 0.1) is 24.4 Å². The number of thioether (sulfide) groups is 1. The molecule has 0 bridgehead atoms. The second-order valence-electron chi connectivity index (χ2n) is 10.7. The molecule has 9 heteroatoms. The van der Waals surface area contributed by atoms with Gasteiger partial charge in [0.25, 0.3) is 5.91 Å². The number of aromatic nitrogens is 3. The number of nitrogens with zero attached hydrogens (tertiary/aromatic N) is 3. The Kier molecular flexibility index (Phi) is 9.48. The third-order valence-corrected chi connectivity index (χ3v) is 8.80. The van der Waals surface area contributed by atoms with E-state index >= 15 is 0 Å². The van der Waals surface area contributed by atoms with Crippen LogP contribution in [-0.4, -0.2) is 37.4 Å². The van der Waals surface area contributed by atoms with Gasteiger partial charge in [-0.05, 0) is 46.0 Å². The van der Waals surface area contributed by atoms with Crippen LogP contribution >= 0.6 is 11.8 Å². The molecule has 224 valence electrons. The molecule has 5 aromatic rings. The Balaban J connectivity index is 1.16. The van der Waals surface area contributed by atoms with E-state index in [0.29, 0.717) is 18.5 Å². The molecule has 0 radical (unpaired) electrons. The molecule has 0 aliphatic carbocycles. The molecule has 6 rings (SSSR count). The SMILES string of the molecule is Cn1ccnc1SC[C@@H]1C[C@H](c2ccc(CO)cc2)O[C@H](c2ccc(-c3cccc(CNC(=O)c4cccnc4)c3)cc2)O1. The number of imidazole rings is 1. The van der Waals surface area contributed by atoms with Crippen molar-refractivity contribution in [3.8, 4) is 11.1 Å². The van der Waals surface area contributed by atoms with Gasteiger partial charge in [-0.25, -0.2) is 4.98 Å². The molecule has 2 aromatic heterocycles. The fraction of sp³-hybridized carbons (Fsp3) is 0.229. The predicted molar refractivity (Wildman–Crippen MR) is 170 cm³/mol. The van der Waals surface area contributed by atoms with Gasteiger partial charge < -0.3 is 24.5 Å². The molecule has 2 N–H and O–H groups in total. The summed E-state index contributed by atoms with van der Waals surface area (Å²) in [6.45, 7) is 0.428. The van der Waals surface area contributed by atoms with E-state index in [-0.39, 0.29) is 24.7 Å². The van der Waals surface area contributed by atoms with Crippen molar-refractivity contribution in [3.05, 3.63) is 138 Å². The first kappa shape index (κ1) is 29.8. The minimum Gasteiger partial charge on any atom is -0.392 e. The molecule has 1 fully saturated rings. The van der Waals surface area contributed by atoms with Crippen molar-refractivity contribution in [3.63, 3.8) is 0 Å². The van der Waals surface area contributed by atoms with Gasteiger partial charge in [-0.3, -0.25) is 9.78 Å². The summed E-state index contributed by atoms with van der Waals surface area (Å²) >= 11 is 1.68. The quantitative estimate of drug-likeness (QED) is 0.182. The zero-order chi connectivity index (χ0) is 30.3. The van der Waals surface area contributed by atoms with Crippen LogP contribution in [0.15, 0.2) is 115 Å². The number of ether oxygens (including phenoxy) is 2. The minimum atomic E-state index is -0.527. The number of aliphatic hydroxyl groups is 1. The van der Waals surface area contributed by atoms with Crippen LogP contribution < -0.4 is 5.32 Å². The van der Waals surface area contributed by atoms with Gasteiger partial charge >= 0.3 is 0 Å². The molecule has 0 spiro atoms. The van der Waals surface area contributed by atoms with Crippen LogP contribution in [-0.2, 0) is 29.7 Å². The van der Waals surface area contributed by atoms with E-state index < -0.39 is 6.29 Å². The Hall–Kier alpha value is -4.28. The van der Waals surface area contributed by atoms with Crippen LogP contribution in [0.2, 0.25) is 0 Å². The molecule has 1 aliphatic heterocycles. The molecule has 44 heavy (non-hydrogen) atoms. The summed E-state index contributed by atoms with van der Waals surface area (Å²) in [6.07, 6.45) is 6.95. The highest BCUT2D eigenvalue weighted by Gasteiger charge is 2.32. The number of rotatable bonds is 10. The van der Waals surface area contributed by atoms with Crippen LogP contribution in [0.3, 0.4) is 0 Å². The number of hydrogen-bond donors (Lipinski definition) is 2. The van der Waals surface area contributed by atoms with Crippen molar-refractivity contribution in [2.24, 2.45) is 7.05 Å². The fourth-order valence-corrected chi connectivity index (χ4v) is 6.11. The molecule has 0 saturated carbocycles. The summed E-state index contributed by atoms with van der Waals surface area (Å²) in [5.74, 6) is 0.595. The minimum absolute atomic E-state index is 0.00969. The highest BCUT2D eigenvalue weighted by atomic mass is 32.2.